The van der Waals surface area contributed by atoms with E-state index in [9.17, 15) is 19.5 Å². The number of carbonyl (C=O) groups excluding carboxylic acids is 2. The summed E-state index contributed by atoms with van der Waals surface area (Å²) < 4.78 is 0. The molecule has 178 valence electrons. The standard InChI is InChI=1S/C27H36N2O4/c1-8-21(27(5,6)19-14-10-9-11-15-19)23(30)28-22(26(2,3)4)24(31)29(7)20-16-12-13-18(17-20)25(32)33/h9-17,21-22H,8H2,1-7H3,(H,28,30)(H,32,33)/t21-,22-/m1/s1. The van der Waals surface area contributed by atoms with Crippen molar-refractivity contribution >= 4 is 23.5 Å². The van der Waals surface area contributed by atoms with Crippen molar-refractivity contribution in [3.8, 4) is 0 Å². The highest BCUT2D eigenvalue weighted by Crippen LogP contribution is 2.34. The van der Waals surface area contributed by atoms with Gasteiger partial charge >= 0.3 is 5.97 Å². The van der Waals surface area contributed by atoms with Crippen LogP contribution < -0.4 is 10.2 Å². The fraction of sp³-hybridized carbons (Fsp3) is 0.444. The van der Waals surface area contributed by atoms with Gasteiger partial charge in [-0.15, -0.1) is 0 Å². The van der Waals surface area contributed by atoms with Crippen LogP contribution in [-0.4, -0.2) is 36.0 Å². The quantitative estimate of drug-likeness (QED) is 0.597. The average Bonchev–Trinajstić information content (AvgIpc) is 2.76. The normalized spacial score (nSPS) is 13.7. The molecule has 6 nitrogen and oxygen atoms in total. The third-order valence-electron chi connectivity index (χ3n) is 6.32. The third kappa shape index (κ3) is 6.01. The van der Waals surface area contributed by atoms with Gasteiger partial charge in [-0.25, -0.2) is 4.79 Å². The molecule has 0 saturated heterocycles. The van der Waals surface area contributed by atoms with Crippen LogP contribution in [0.25, 0.3) is 0 Å². The predicted octanol–water partition coefficient (Wildman–Crippen LogP) is 4.88. The summed E-state index contributed by atoms with van der Waals surface area (Å²) in [6, 6.07) is 15.3. The van der Waals surface area contributed by atoms with Crippen LogP contribution in [0.3, 0.4) is 0 Å². The van der Waals surface area contributed by atoms with Gasteiger partial charge in [-0.1, -0.05) is 77.9 Å². The summed E-state index contributed by atoms with van der Waals surface area (Å²) in [6.07, 6.45) is 0.620. The van der Waals surface area contributed by atoms with Gasteiger partial charge in [0.1, 0.15) is 6.04 Å². The second-order valence-corrected chi connectivity index (χ2v) is 10.1. The number of aromatic carboxylic acids is 1. The number of carbonyl (C=O) groups is 3. The van der Waals surface area contributed by atoms with E-state index in [0.717, 1.165) is 5.56 Å². The maximum absolute atomic E-state index is 13.5. The first kappa shape index (κ1) is 26.1. The molecule has 2 N–H and O–H groups in total. The summed E-state index contributed by atoms with van der Waals surface area (Å²) in [6.45, 7) is 11.8. The second kappa shape index (κ2) is 10.2. The minimum atomic E-state index is -1.06. The molecule has 0 heterocycles. The zero-order valence-electron chi connectivity index (χ0n) is 20.7. The van der Waals surface area contributed by atoms with Crippen molar-refractivity contribution in [2.75, 3.05) is 11.9 Å². The number of carboxylic acids is 1. The Bertz CT molecular complexity index is 993. The minimum Gasteiger partial charge on any atom is -0.478 e. The summed E-state index contributed by atoms with van der Waals surface area (Å²) in [5, 5.41) is 12.3. The molecule has 0 aliphatic rings. The molecule has 0 aliphatic carbocycles. The van der Waals surface area contributed by atoms with Crippen LogP contribution in [0.2, 0.25) is 0 Å². The van der Waals surface area contributed by atoms with Gasteiger partial charge in [0.05, 0.1) is 5.56 Å². The van der Waals surface area contributed by atoms with E-state index in [1.807, 2.05) is 71.9 Å². The van der Waals surface area contributed by atoms with Crippen molar-refractivity contribution in [2.45, 2.75) is 59.4 Å². The molecule has 0 bridgehead atoms. The lowest BCUT2D eigenvalue weighted by Gasteiger charge is -2.38. The molecule has 0 aliphatic heterocycles. The smallest absolute Gasteiger partial charge is 0.335 e. The topological polar surface area (TPSA) is 86.7 Å². The molecule has 0 unspecified atom stereocenters. The Hall–Kier alpha value is -3.15. The second-order valence-electron chi connectivity index (χ2n) is 10.1. The molecule has 0 saturated carbocycles. The summed E-state index contributed by atoms with van der Waals surface area (Å²) in [7, 11) is 1.60. The molecular weight excluding hydrogens is 416 g/mol. The Morgan fingerprint density at radius 1 is 0.970 bits per heavy atom. The van der Waals surface area contributed by atoms with Crippen molar-refractivity contribution in [1.82, 2.24) is 5.32 Å². The SMILES string of the molecule is CC[C@H](C(=O)N[C@H](C(=O)N(C)c1cccc(C(=O)O)c1)C(C)(C)C)C(C)(C)c1ccccc1. The van der Waals surface area contributed by atoms with E-state index < -0.39 is 22.8 Å². The molecule has 2 aromatic carbocycles. The number of carboxylic acid groups (broad SMARTS) is 1. The van der Waals surface area contributed by atoms with Crippen LogP contribution >= 0.6 is 0 Å². The van der Waals surface area contributed by atoms with Crippen molar-refractivity contribution < 1.29 is 19.5 Å². The van der Waals surface area contributed by atoms with Gasteiger partial charge in [0.15, 0.2) is 0 Å². The number of nitrogens with one attached hydrogen (secondary N) is 1. The highest BCUT2D eigenvalue weighted by atomic mass is 16.4. The summed E-state index contributed by atoms with van der Waals surface area (Å²) in [5.74, 6) is -1.87. The minimum absolute atomic E-state index is 0.0964. The van der Waals surface area contributed by atoms with Gasteiger partial charge in [0.25, 0.3) is 0 Å². The first-order valence-electron chi connectivity index (χ1n) is 11.3. The van der Waals surface area contributed by atoms with Crippen LogP contribution in [0.5, 0.6) is 0 Å². The van der Waals surface area contributed by atoms with Gasteiger partial charge < -0.3 is 15.3 Å². The lowest BCUT2D eigenvalue weighted by molar-refractivity contribution is -0.133. The van der Waals surface area contributed by atoms with E-state index in [-0.39, 0.29) is 23.3 Å². The molecule has 2 rings (SSSR count). The van der Waals surface area contributed by atoms with Crippen LogP contribution in [0.15, 0.2) is 54.6 Å². The number of benzene rings is 2. The fourth-order valence-corrected chi connectivity index (χ4v) is 4.15. The Labute approximate surface area is 197 Å². The summed E-state index contributed by atoms with van der Waals surface area (Å²) in [4.78, 5) is 39.8. The summed E-state index contributed by atoms with van der Waals surface area (Å²) >= 11 is 0. The average molecular weight is 453 g/mol. The molecule has 33 heavy (non-hydrogen) atoms. The van der Waals surface area contributed by atoms with E-state index in [1.165, 1.54) is 17.0 Å². The molecule has 6 heteroatoms. The van der Waals surface area contributed by atoms with E-state index in [2.05, 4.69) is 5.32 Å². The Kier molecular flexibility index (Phi) is 8.06. The first-order valence-corrected chi connectivity index (χ1v) is 11.3. The molecule has 2 atom stereocenters. The maximum atomic E-state index is 13.5. The first-order chi connectivity index (χ1) is 15.3. The van der Waals surface area contributed by atoms with Gasteiger partial charge in [-0.3, -0.25) is 9.59 Å². The number of anilines is 1. The third-order valence-corrected chi connectivity index (χ3v) is 6.32. The number of amides is 2. The van der Waals surface area contributed by atoms with E-state index in [4.69, 9.17) is 0 Å². The maximum Gasteiger partial charge on any atom is 0.335 e. The molecule has 0 radical (unpaired) electrons. The van der Waals surface area contributed by atoms with Gasteiger partial charge in [0, 0.05) is 24.1 Å². The van der Waals surface area contributed by atoms with Crippen LogP contribution in [0.4, 0.5) is 5.69 Å². The Balaban J connectivity index is 2.33. The lowest BCUT2D eigenvalue weighted by Crippen LogP contribution is -2.56. The number of nitrogens with zero attached hydrogens (tertiary/aromatic N) is 1. The highest BCUT2D eigenvalue weighted by molar-refractivity contribution is 6.00. The molecule has 2 aromatic rings. The van der Waals surface area contributed by atoms with Crippen LogP contribution in [0, 0.1) is 11.3 Å². The largest absolute Gasteiger partial charge is 0.478 e. The predicted molar refractivity (Wildman–Crippen MR) is 131 cm³/mol. The number of rotatable bonds is 8. The fourth-order valence-electron chi connectivity index (χ4n) is 4.15. The summed E-state index contributed by atoms with van der Waals surface area (Å²) in [5.41, 5.74) is 0.640. The van der Waals surface area contributed by atoms with Gasteiger partial charge in [0.2, 0.25) is 11.8 Å². The highest BCUT2D eigenvalue weighted by Gasteiger charge is 2.40. The molecule has 2 amide bonds. The monoisotopic (exact) mass is 452 g/mol. The Morgan fingerprint density at radius 3 is 2.09 bits per heavy atom. The van der Waals surface area contributed by atoms with Crippen molar-refractivity contribution in [2.24, 2.45) is 11.3 Å². The van der Waals surface area contributed by atoms with E-state index >= 15 is 0 Å². The van der Waals surface area contributed by atoms with Gasteiger partial charge in [-0.2, -0.15) is 0 Å². The lowest BCUT2D eigenvalue weighted by atomic mass is 9.71. The zero-order valence-corrected chi connectivity index (χ0v) is 20.7. The van der Waals surface area contributed by atoms with E-state index in [0.29, 0.717) is 12.1 Å². The van der Waals surface area contributed by atoms with Crippen LogP contribution in [0.1, 0.15) is 63.9 Å². The van der Waals surface area contributed by atoms with Crippen molar-refractivity contribution in [1.29, 1.82) is 0 Å². The Morgan fingerprint density at radius 2 is 1.58 bits per heavy atom. The molecular formula is C27H36N2O4. The number of hydrogen-bond acceptors (Lipinski definition) is 3. The molecule has 0 aromatic heterocycles. The zero-order chi connectivity index (χ0) is 25.0. The van der Waals surface area contributed by atoms with Crippen LogP contribution in [-0.2, 0) is 15.0 Å². The van der Waals surface area contributed by atoms with Gasteiger partial charge in [-0.05, 0) is 35.6 Å². The molecule has 0 spiro atoms. The number of hydrogen-bond donors (Lipinski definition) is 2. The van der Waals surface area contributed by atoms with E-state index in [1.54, 1.807) is 19.2 Å². The van der Waals surface area contributed by atoms with Crippen molar-refractivity contribution in [3.05, 3.63) is 65.7 Å². The number of likely N-dealkylation sites (N-methyl/N-ethyl adjacent to an activating group) is 1. The van der Waals surface area contributed by atoms with Crippen molar-refractivity contribution in [3.63, 3.8) is 0 Å². The molecule has 0 fully saturated rings.